The first-order chi connectivity index (χ1) is 38.0. The van der Waals surface area contributed by atoms with E-state index in [0.29, 0.717) is 30.8 Å². The molecule has 0 radical (unpaired) electrons. The molecule has 3 aromatic carbocycles. The minimum atomic E-state index is -1.40. The van der Waals surface area contributed by atoms with Crippen molar-refractivity contribution in [3.8, 4) is 11.5 Å². The Labute approximate surface area is 469 Å². The van der Waals surface area contributed by atoms with Crippen molar-refractivity contribution in [1.29, 1.82) is 0 Å². The lowest BCUT2D eigenvalue weighted by Crippen LogP contribution is -2.60. The Kier molecular flexibility index (Phi) is 28.2. The van der Waals surface area contributed by atoms with E-state index in [1.165, 1.54) is 32.4 Å². The van der Waals surface area contributed by atoms with Gasteiger partial charge in [0.05, 0.1) is 24.8 Å². The van der Waals surface area contributed by atoms with Gasteiger partial charge >= 0.3 is 11.8 Å². The summed E-state index contributed by atoms with van der Waals surface area (Å²) in [7, 11) is 2.79. The predicted molar refractivity (Wildman–Crippen MR) is 303 cm³/mol. The van der Waals surface area contributed by atoms with Crippen LogP contribution >= 0.6 is 0 Å². The molecule has 0 unspecified atom stereocenters. The Morgan fingerprint density at radius 3 is 1.76 bits per heavy atom. The molecule has 0 aromatic heterocycles. The number of benzene rings is 3. The van der Waals surface area contributed by atoms with Gasteiger partial charge in [-0.25, -0.2) is 0 Å². The minimum Gasteiger partial charge on any atom is -0.496 e. The maximum atomic E-state index is 14.7. The van der Waals surface area contributed by atoms with Crippen LogP contribution in [0.15, 0.2) is 72.8 Å². The number of anilines is 1. The summed E-state index contributed by atoms with van der Waals surface area (Å²) in [4.78, 5) is 136. The van der Waals surface area contributed by atoms with Gasteiger partial charge in [0.15, 0.2) is 0 Å². The quantitative estimate of drug-likeness (QED) is 0.0249. The van der Waals surface area contributed by atoms with Gasteiger partial charge in [-0.3, -0.25) is 58.8 Å². The highest BCUT2D eigenvalue weighted by Gasteiger charge is 2.35. The number of likely N-dealkylation sites (N-methyl/N-ethyl adjacent to an activating group) is 1. The van der Waals surface area contributed by atoms with Crippen LogP contribution in [0.5, 0.6) is 11.5 Å². The molecular weight excluding hydrogens is 1030 g/mol. The van der Waals surface area contributed by atoms with Gasteiger partial charge in [0.2, 0.25) is 35.4 Å². The lowest BCUT2D eigenvalue weighted by Gasteiger charge is -2.29. The van der Waals surface area contributed by atoms with E-state index in [9.17, 15) is 47.9 Å². The fraction of sp³-hybridized carbons (Fsp3) is 0.517. The van der Waals surface area contributed by atoms with E-state index in [1.54, 1.807) is 75.4 Å². The zero-order valence-corrected chi connectivity index (χ0v) is 48.1. The zero-order chi connectivity index (χ0) is 59.5. The van der Waals surface area contributed by atoms with E-state index in [-0.39, 0.29) is 66.6 Å². The number of hydrogen-bond acceptors (Lipinski definition) is 12. The summed E-state index contributed by atoms with van der Waals surface area (Å²) in [5.41, 5.74) is 5.42. The van der Waals surface area contributed by atoms with Gasteiger partial charge in [-0.2, -0.15) is 0 Å². The summed E-state index contributed by atoms with van der Waals surface area (Å²) in [6.07, 6.45) is 2.35. The van der Waals surface area contributed by atoms with Gasteiger partial charge < -0.3 is 52.0 Å². The van der Waals surface area contributed by atoms with Gasteiger partial charge in [0.25, 0.3) is 11.8 Å². The van der Waals surface area contributed by atoms with Crippen LogP contribution in [0, 0.1) is 23.7 Å². The molecule has 0 fully saturated rings. The van der Waals surface area contributed by atoms with Crippen molar-refractivity contribution in [2.75, 3.05) is 32.6 Å². The second kappa shape index (κ2) is 34.1. The number of unbranched alkanes of at least 4 members (excludes halogenated alkanes) is 1. The highest BCUT2D eigenvalue weighted by atomic mass is 16.5. The third kappa shape index (κ3) is 22.0. The highest BCUT2D eigenvalue weighted by Crippen LogP contribution is 2.23. The maximum absolute atomic E-state index is 14.7. The number of para-hydroxylation sites is 1. The van der Waals surface area contributed by atoms with Crippen LogP contribution in [0.4, 0.5) is 5.69 Å². The van der Waals surface area contributed by atoms with E-state index in [4.69, 9.17) is 9.47 Å². The fourth-order valence-electron chi connectivity index (χ4n) is 8.08. The van der Waals surface area contributed by atoms with Crippen LogP contribution < -0.4 is 62.9 Å². The van der Waals surface area contributed by atoms with E-state index in [0.717, 1.165) is 12.8 Å². The summed E-state index contributed by atoms with van der Waals surface area (Å²) >= 11 is 0. The molecule has 6 atom stereocenters. The smallest absolute Gasteiger partial charge is 0.313 e. The molecule has 0 heterocycles. The number of ether oxygens (including phenoxy) is 2. The van der Waals surface area contributed by atoms with Gasteiger partial charge in [-0.05, 0) is 85.8 Å². The number of carbonyl (C=O) groups is 10. The second-order valence-electron chi connectivity index (χ2n) is 20.7. The van der Waals surface area contributed by atoms with Crippen molar-refractivity contribution in [3.63, 3.8) is 0 Å². The van der Waals surface area contributed by atoms with Crippen molar-refractivity contribution in [1.82, 2.24) is 48.1 Å². The van der Waals surface area contributed by atoms with Crippen molar-refractivity contribution >= 4 is 64.8 Å². The molecule has 10 N–H and O–H groups in total. The number of methoxy groups -OCH3 is 1. The van der Waals surface area contributed by atoms with Gasteiger partial charge in [0.1, 0.15) is 41.7 Å². The largest absolute Gasteiger partial charge is 0.496 e. The molecule has 22 heteroatoms. The lowest BCUT2D eigenvalue weighted by atomic mass is 9.95. The Morgan fingerprint density at radius 2 is 1.15 bits per heavy atom. The lowest BCUT2D eigenvalue weighted by molar-refractivity contribution is -0.136. The van der Waals surface area contributed by atoms with Crippen LogP contribution in [0.3, 0.4) is 0 Å². The normalized spacial score (nSPS) is 13.2. The number of amides is 10. The molecule has 0 bridgehead atoms. The SMILES string of the molecule is CCCCOc1ccccc1C(=O)N[C@@H](CC(C)C)C(=O)N[C@@H](CCCNC(=O)C(=O)Nc1ccc(OC)c(C(=O)NNC(=O)C(C)C)c1)C(=O)N[C@@H](Cc1ccccc1)C(=O)N[C@H](C(=O)N[C@@H](CC(C)C)C(=O)NC)[C@@H](C)CC. The molecule has 0 aliphatic rings. The first-order valence-electron chi connectivity index (χ1n) is 27.4. The number of carbonyl (C=O) groups excluding carboxylic acids is 10. The van der Waals surface area contributed by atoms with Gasteiger partial charge in [-0.15, -0.1) is 0 Å². The molecule has 0 saturated heterocycles. The average Bonchev–Trinajstić information content (AvgIpc) is 3.43. The minimum absolute atomic E-state index is 0.00922. The van der Waals surface area contributed by atoms with Gasteiger partial charge in [0, 0.05) is 31.6 Å². The molecular formula is C58H84N10O12. The Hall–Kier alpha value is -8.04. The third-order valence-corrected chi connectivity index (χ3v) is 12.8. The van der Waals surface area contributed by atoms with Crippen molar-refractivity contribution in [2.45, 2.75) is 144 Å². The molecule has 80 heavy (non-hydrogen) atoms. The monoisotopic (exact) mass is 1110 g/mol. The van der Waals surface area contributed by atoms with E-state index in [1.807, 2.05) is 41.5 Å². The van der Waals surface area contributed by atoms with Crippen molar-refractivity contribution in [2.24, 2.45) is 23.7 Å². The number of nitrogens with one attached hydrogen (secondary N) is 10. The first-order valence-corrected chi connectivity index (χ1v) is 27.4. The summed E-state index contributed by atoms with van der Waals surface area (Å²) in [5.74, 6) is -7.70. The molecule has 0 aliphatic heterocycles. The topological polar surface area (TPSA) is 309 Å². The van der Waals surface area contributed by atoms with Crippen LogP contribution in [-0.4, -0.2) is 117 Å². The molecule has 438 valence electrons. The molecule has 10 amide bonds. The van der Waals surface area contributed by atoms with Crippen LogP contribution in [0.25, 0.3) is 0 Å². The van der Waals surface area contributed by atoms with E-state index in [2.05, 4.69) is 53.4 Å². The fourth-order valence-corrected chi connectivity index (χ4v) is 8.08. The second-order valence-corrected chi connectivity index (χ2v) is 20.7. The van der Waals surface area contributed by atoms with E-state index < -0.39 is 101 Å². The van der Waals surface area contributed by atoms with Crippen LogP contribution in [0.1, 0.15) is 134 Å². The maximum Gasteiger partial charge on any atom is 0.313 e. The van der Waals surface area contributed by atoms with Gasteiger partial charge in [-0.1, -0.05) is 118 Å². The van der Waals surface area contributed by atoms with Crippen molar-refractivity contribution in [3.05, 3.63) is 89.5 Å². The standard InChI is InChI=1S/C58H84N10O12/c1-12-14-29-80-47-25-19-18-23-40(47)50(70)63-44(31-35(5)6)54(74)62-42(24-20-28-60-57(77)58(78)61-39-26-27-46(79-11)41(33-39)51(71)68-67-49(69)36(7)8)53(73)64-45(32-38-21-16-15-17-22-38)55(75)66-48(37(9)13-2)56(76)65-43(30-34(3)4)52(72)59-10/h15-19,21-23,25-27,33-37,42-45,48H,12-14,20,24,28-32H2,1-11H3,(H,59,72)(H,60,77)(H,61,78)(H,62,74)(H,63,70)(H,64,73)(H,65,76)(H,66,75)(H,67,69)(H,68,71)/t37-,42-,43-,44-,45-,48-/m0/s1. The Morgan fingerprint density at radius 1 is 0.550 bits per heavy atom. The number of hydrazine groups is 1. The number of rotatable bonds is 31. The molecule has 3 rings (SSSR count). The summed E-state index contributed by atoms with van der Waals surface area (Å²) in [5, 5.41) is 21.6. The van der Waals surface area contributed by atoms with Crippen molar-refractivity contribution < 1.29 is 57.4 Å². The highest BCUT2D eigenvalue weighted by molar-refractivity contribution is 6.39. The van der Waals surface area contributed by atoms with E-state index >= 15 is 0 Å². The summed E-state index contributed by atoms with van der Waals surface area (Å²) in [6, 6.07) is 13.6. The average molecular weight is 1110 g/mol. The third-order valence-electron chi connectivity index (χ3n) is 12.8. The Bertz CT molecular complexity index is 2580. The first kappa shape index (κ1) is 66.2. The molecule has 0 spiro atoms. The molecule has 22 nitrogen and oxygen atoms in total. The Balaban J connectivity index is 1.96. The van der Waals surface area contributed by atoms with Crippen LogP contribution in [0.2, 0.25) is 0 Å². The molecule has 3 aromatic rings. The summed E-state index contributed by atoms with van der Waals surface area (Å²) in [6.45, 7) is 16.6. The predicted octanol–water partition coefficient (Wildman–Crippen LogP) is 3.99. The number of hydrogen-bond donors (Lipinski definition) is 10. The molecule has 0 saturated carbocycles. The zero-order valence-electron chi connectivity index (χ0n) is 48.1. The summed E-state index contributed by atoms with van der Waals surface area (Å²) < 4.78 is 11.2. The van der Waals surface area contributed by atoms with Crippen LogP contribution in [-0.2, 0) is 44.8 Å². The molecule has 0 aliphatic carbocycles.